The monoisotopic (exact) mass is 415 g/mol. The van der Waals surface area contributed by atoms with Gasteiger partial charge in [-0.15, -0.1) is 0 Å². The van der Waals surface area contributed by atoms with Crippen LogP contribution in [0.15, 0.2) is 64.5 Å². The number of rotatable bonds is 4. The van der Waals surface area contributed by atoms with Gasteiger partial charge in [0.05, 0.1) is 10.9 Å². The highest BCUT2D eigenvalue weighted by Gasteiger charge is 2.21. The van der Waals surface area contributed by atoms with E-state index in [1.54, 1.807) is 22.8 Å². The topological polar surface area (TPSA) is 101 Å². The third kappa shape index (κ3) is 3.90. The minimum absolute atomic E-state index is 0.0248. The van der Waals surface area contributed by atoms with Gasteiger partial charge in [-0.2, -0.15) is 0 Å². The van der Waals surface area contributed by atoms with Crippen molar-refractivity contribution in [2.45, 2.75) is 26.8 Å². The Morgan fingerprint density at radius 3 is 2.55 bits per heavy atom. The lowest BCUT2D eigenvalue weighted by Gasteiger charge is -2.09. The van der Waals surface area contributed by atoms with Crippen molar-refractivity contribution in [3.63, 3.8) is 0 Å². The van der Waals surface area contributed by atoms with E-state index in [9.17, 15) is 14.4 Å². The Bertz CT molecular complexity index is 1330. The summed E-state index contributed by atoms with van der Waals surface area (Å²) in [5, 5.41) is 12.2. The van der Waals surface area contributed by atoms with Gasteiger partial charge in [-0.3, -0.25) is 14.2 Å². The number of carbonyl (C=O) groups is 2. The Labute approximate surface area is 178 Å². The lowest BCUT2D eigenvalue weighted by atomic mass is 10.1. The van der Waals surface area contributed by atoms with Crippen LogP contribution in [-0.2, 0) is 16.1 Å². The average molecular weight is 415 g/mol. The molecule has 156 valence electrons. The normalized spacial score (nSPS) is 15.0. The van der Waals surface area contributed by atoms with Crippen molar-refractivity contribution in [3.8, 4) is 0 Å². The Morgan fingerprint density at radius 2 is 1.84 bits per heavy atom. The minimum atomic E-state index is -1.14. The molecule has 0 fully saturated rings. The molecule has 2 N–H and O–H groups in total. The lowest BCUT2D eigenvalue weighted by Crippen LogP contribution is -2.21. The van der Waals surface area contributed by atoms with E-state index in [0.29, 0.717) is 29.0 Å². The molecule has 0 atom stereocenters. The maximum absolute atomic E-state index is 13.0. The Kier molecular flexibility index (Phi) is 5.25. The van der Waals surface area contributed by atoms with Crippen LogP contribution in [0.3, 0.4) is 0 Å². The number of fused-ring (bicyclic) bond motifs is 2. The van der Waals surface area contributed by atoms with Gasteiger partial charge in [-0.25, -0.2) is 9.78 Å². The Balaban J connectivity index is 1.73. The number of carboxylic acid groups (broad SMARTS) is 1. The predicted octanol–water partition coefficient (Wildman–Crippen LogP) is 3.70. The van der Waals surface area contributed by atoms with E-state index < -0.39 is 11.9 Å². The van der Waals surface area contributed by atoms with Crippen molar-refractivity contribution < 1.29 is 14.7 Å². The van der Waals surface area contributed by atoms with E-state index in [2.05, 4.69) is 5.32 Å². The van der Waals surface area contributed by atoms with Gasteiger partial charge < -0.3 is 10.4 Å². The van der Waals surface area contributed by atoms with Crippen molar-refractivity contribution in [1.82, 2.24) is 9.55 Å². The van der Waals surface area contributed by atoms with Crippen LogP contribution in [0.1, 0.15) is 31.7 Å². The van der Waals surface area contributed by atoms with Crippen molar-refractivity contribution in [2.24, 2.45) is 0 Å². The van der Waals surface area contributed by atoms with Crippen molar-refractivity contribution in [1.29, 1.82) is 0 Å². The molecular formula is C24H21N3O4. The third-order valence-electron chi connectivity index (χ3n) is 5.47. The van der Waals surface area contributed by atoms with Crippen molar-refractivity contribution in [2.75, 3.05) is 5.32 Å². The highest BCUT2D eigenvalue weighted by atomic mass is 16.4. The maximum atomic E-state index is 13.0. The first-order valence-electron chi connectivity index (χ1n) is 9.88. The van der Waals surface area contributed by atoms with Gasteiger partial charge in [0.25, 0.3) is 11.5 Å². The van der Waals surface area contributed by atoms with E-state index in [-0.39, 0.29) is 16.7 Å². The second-order valence-electron chi connectivity index (χ2n) is 7.46. The fourth-order valence-electron chi connectivity index (χ4n) is 3.54. The zero-order valence-corrected chi connectivity index (χ0v) is 17.2. The largest absolute Gasteiger partial charge is 0.478 e. The zero-order valence-electron chi connectivity index (χ0n) is 17.2. The summed E-state index contributed by atoms with van der Waals surface area (Å²) in [6.45, 7) is 3.41. The first kappa shape index (κ1) is 20.3. The van der Waals surface area contributed by atoms with E-state index in [0.717, 1.165) is 17.6 Å². The molecule has 0 unspecified atom stereocenters. The lowest BCUT2D eigenvalue weighted by molar-refractivity contribution is -0.133. The molecule has 2 heterocycles. The Morgan fingerprint density at radius 1 is 1.10 bits per heavy atom. The number of nitrogens with zero attached hydrogens (tertiary/aromatic N) is 2. The molecule has 31 heavy (non-hydrogen) atoms. The molecule has 3 aromatic rings. The van der Waals surface area contributed by atoms with Gasteiger partial charge in [0.1, 0.15) is 5.82 Å². The van der Waals surface area contributed by atoms with Gasteiger partial charge in [-0.05, 0) is 55.7 Å². The number of hydrogen-bond donors (Lipinski definition) is 2. The highest BCUT2D eigenvalue weighted by molar-refractivity contribution is 6.08. The molecule has 1 amide bonds. The molecule has 0 radical (unpaired) electrons. The molecule has 0 spiro atoms. The number of allylic oxidation sites excluding steroid dienone is 1. The van der Waals surface area contributed by atoms with Crippen LogP contribution < -0.4 is 10.9 Å². The summed E-state index contributed by atoms with van der Waals surface area (Å²) in [4.78, 5) is 41.1. The molecule has 1 aromatic heterocycles. The number of hydrogen-bond acceptors (Lipinski definition) is 4. The standard InChI is InChI=1S/C24H21N3O4/c1-14(15(2)24(30)31)22(28)25-18-8-9-19-20(13-18)26-21-17(10-11-27(21)23(19)29)12-16-6-4-3-5-7-16/h3-9,12-13H,10-11H2,1-2H3,(H,25,28)(H,30,31)/b15-14-,17-12?. The predicted molar refractivity (Wildman–Crippen MR) is 120 cm³/mol. The van der Waals surface area contributed by atoms with Crippen LogP contribution in [0.25, 0.3) is 22.6 Å². The number of aromatic nitrogens is 2. The second kappa shape index (κ2) is 8.02. The summed E-state index contributed by atoms with van der Waals surface area (Å²) in [6.07, 6.45) is 2.75. The smallest absolute Gasteiger partial charge is 0.331 e. The SMILES string of the molecule is C/C(C(=O)O)=C(\C)C(=O)Nc1ccc2c(=O)n3c(nc2c1)C(=Cc1ccccc1)CC3. The summed E-state index contributed by atoms with van der Waals surface area (Å²) in [7, 11) is 0. The van der Waals surface area contributed by atoms with E-state index >= 15 is 0 Å². The number of carbonyl (C=O) groups excluding carboxylic acids is 1. The number of aliphatic carboxylic acids is 1. The fraction of sp³-hybridized carbons (Fsp3) is 0.167. The van der Waals surface area contributed by atoms with E-state index in [1.165, 1.54) is 13.8 Å². The van der Waals surface area contributed by atoms with Gasteiger partial charge in [-0.1, -0.05) is 30.3 Å². The number of amides is 1. The van der Waals surface area contributed by atoms with Crippen LogP contribution in [0.5, 0.6) is 0 Å². The minimum Gasteiger partial charge on any atom is -0.478 e. The first-order chi connectivity index (χ1) is 14.8. The summed E-state index contributed by atoms with van der Waals surface area (Å²) in [5.41, 5.74) is 2.91. The van der Waals surface area contributed by atoms with Crippen LogP contribution in [-0.4, -0.2) is 26.5 Å². The fourth-order valence-corrected chi connectivity index (χ4v) is 3.54. The molecule has 0 saturated carbocycles. The highest BCUT2D eigenvalue weighted by Crippen LogP contribution is 2.28. The molecular weight excluding hydrogens is 394 g/mol. The quantitative estimate of drug-likeness (QED) is 0.633. The number of carboxylic acids is 1. The summed E-state index contributed by atoms with van der Waals surface area (Å²) in [6, 6.07) is 14.8. The number of nitrogens with one attached hydrogen (secondary N) is 1. The number of benzene rings is 2. The van der Waals surface area contributed by atoms with Gasteiger partial charge in [0, 0.05) is 23.4 Å². The average Bonchev–Trinajstić information content (AvgIpc) is 3.16. The molecule has 0 saturated heterocycles. The molecule has 7 heteroatoms. The van der Waals surface area contributed by atoms with Gasteiger partial charge in [0.2, 0.25) is 0 Å². The van der Waals surface area contributed by atoms with E-state index in [1.807, 2.05) is 36.4 Å². The first-order valence-corrected chi connectivity index (χ1v) is 9.88. The van der Waals surface area contributed by atoms with Crippen LogP contribution in [0.2, 0.25) is 0 Å². The van der Waals surface area contributed by atoms with Crippen LogP contribution >= 0.6 is 0 Å². The molecule has 2 aromatic carbocycles. The van der Waals surface area contributed by atoms with Crippen LogP contribution in [0.4, 0.5) is 5.69 Å². The third-order valence-corrected chi connectivity index (χ3v) is 5.47. The number of anilines is 1. The van der Waals surface area contributed by atoms with Gasteiger partial charge in [0.15, 0.2) is 0 Å². The van der Waals surface area contributed by atoms with Crippen LogP contribution in [0, 0.1) is 0 Å². The summed E-state index contributed by atoms with van der Waals surface area (Å²) >= 11 is 0. The van der Waals surface area contributed by atoms with Gasteiger partial charge >= 0.3 is 5.97 Å². The second-order valence-corrected chi connectivity index (χ2v) is 7.46. The summed E-state index contributed by atoms with van der Waals surface area (Å²) in [5.74, 6) is -1.03. The van der Waals surface area contributed by atoms with Crippen molar-refractivity contribution in [3.05, 3.63) is 81.4 Å². The summed E-state index contributed by atoms with van der Waals surface area (Å²) < 4.78 is 1.68. The molecule has 0 bridgehead atoms. The molecule has 0 aliphatic carbocycles. The Hall–Kier alpha value is -4.00. The molecule has 1 aliphatic heterocycles. The zero-order chi connectivity index (χ0) is 22.1. The molecule has 1 aliphatic rings. The van der Waals surface area contributed by atoms with E-state index in [4.69, 9.17) is 10.1 Å². The molecule has 7 nitrogen and oxygen atoms in total. The van der Waals surface area contributed by atoms with Crippen molar-refractivity contribution >= 4 is 40.1 Å². The maximum Gasteiger partial charge on any atom is 0.331 e. The molecule has 4 rings (SSSR count).